The fourth-order valence-corrected chi connectivity index (χ4v) is 2.80. The van der Waals surface area contributed by atoms with E-state index in [1.807, 2.05) is 0 Å². The van der Waals surface area contributed by atoms with E-state index in [1.54, 1.807) is 0 Å². The number of hydrogen-bond acceptors (Lipinski definition) is 0. The zero-order chi connectivity index (χ0) is 12.4. The molecule has 2 unspecified atom stereocenters. The smallest absolute Gasteiger partial charge is 0.0438 e. The highest BCUT2D eigenvalue weighted by molar-refractivity contribution is 4.62. The van der Waals surface area contributed by atoms with E-state index in [9.17, 15) is 0 Å². The minimum absolute atomic E-state index is 0.867. The summed E-state index contributed by atoms with van der Waals surface area (Å²) in [5.41, 5.74) is 0. The van der Waals surface area contributed by atoms with E-state index in [4.69, 9.17) is 0 Å². The third kappa shape index (κ3) is 10.5. The second-order valence-corrected chi connectivity index (χ2v) is 6.28. The van der Waals surface area contributed by atoms with Crippen LogP contribution in [0.2, 0.25) is 0 Å². The molecule has 0 heterocycles. The fourth-order valence-electron chi connectivity index (χ4n) is 2.80. The van der Waals surface area contributed by atoms with Crippen LogP contribution in [0.5, 0.6) is 0 Å². The van der Waals surface area contributed by atoms with Crippen LogP contribution in [-0.4, -0.2) is 0 Å². The van der Waals surface area contributed by atoms with Crippen molar-refractivity contribution in [3.63, 3.8) is 0 Å². The molecule has 0 heteroatoms. The van der Waals surface area contributed by atoms with Crippen LogP contribution < -0.4 is 0 Å². The van der Waals surface area contributed by atoms with Gasteiger partial charge in [0.25, 0.3) is 0 Å². The van der Waals surface area contributed by atoms with Crippen LogP contribution in [0.15, 0.2) is 0 Å². The van der Waals surface area contributed by atoms with Crippen LogP contribution in [0, 0.1) is 17.8 Å². The fraction of sp³-hybridized carbons (Fsp3) is 1.00. The van der Waals surface area contributed by atoms with Crippen molar-refractivity contribution in [2.45, 2.75) is 86.0 Å². The van der Waals surface area contributed by atoms with Crippen molar-refractivity contribution in [2.24, 2.45) is 17.8 Å². The monoisotopic (exact) mass is 226 g/mol. The van der Waals surface area contributed by atoms with E-state index < -0.39 is 0 Å². The Bertz CT molecular complexity index is 137. The van der Waals surface area contributed by atoms with Crippen molar-refractivity contribution in [2.75, 3.05) is 0 Å². The summed E-state index contributed by atoms with van der Waals surface area (Å²) in [4.78, 5) is 0. The zero-order valence-corrected chi connectivity index (χ0v) is 12.4. The molecule has 0 aromatic heterocycles. The van der Waals surface area contributed by atoms with Gasteiger partial charge in [-0.05, 0) is 30.6 Å². The lowest BCUT2D eigenvalue weighted by molar-refractivity contribution is 0.336. The number of rotatable bonds is 10. The van der Waals surface area contributed by atoms with Gasteiger partial charge in [0.1, 0.15) is 0 Å². The molecular formula is C16H34. The quantitative estimate of drug-likeness (QED) is 0.397. The van der Waals surface area contributed by atoms with Gasteiger partial charge in [-0.15, -0.1) is 0 Å². The van der Waals surface area contributed by atoms with E-state index in [-0.39, 0.29) is 0 Å². The minimum Gasteiger partial charge on any atom is -0.0654 e. The van der Waals surface area contributed by atoms with Crippen LogP contribution in [0.25, 0.3) is 0 Å². The minimum atomic E-state index is 0.867. The lowest BCUT2D eigenvalue weighted by atomic mass is 9.88. The summed E-state index contributed by atoms with van der Waals surface area (Å²) >= 11 is 0. The Kier molecular flexibility index (Phi) is 10.2. The van der Waals surface area contributed by atoms with Crippen molar-refractivity contribution in [1.82, 2.24) is 0 Å². The summed E-state index contributed by atoms with van der Waals surface area (Å²) in [5.74, 6) is 2.73. The Morgan fingerprint density at radius 3 is 1.88 bits per heavy atom. The van der Waals surface area contributed by atoms with E-state index >= 15 is 0 Å². The second kappa shape index (κ2) is 10.2. The van der Waals surface area contributed by atoms with Gasteiger partial charge in [0.2, 0.25) is 0 Å². The Morgan fingerprint density at radius 1 is 0.688 bits per heavy atom. The predicted octanol–water partition coefficient (Wildman–Crippen LogP) is 6.06. The van der Waals surface area contributed by atoms with Gasteiger partial charge in [-0.1, -0.05) is 73.1 Å². The average Bonchev–Trinajstić information content (AvgIpc) is 2.15. The van der Waals surface area contributed by atoms with Gasteiger partial charge in [-0.3, -0.25) is 0 Å². The van der Waals surface area contributed by atoms with Crippen LogP contribution in [-0.2, 0) is 0 Å². The Balaban J connectivity index is 3.39. The highest BCUT2D eigenvalue weighted by atomic mass is 14.2. The van der Waals surface area contributed by atoms with Crippen LogP contribution in [0.3, 0.4) is 0 Å². The maximum absolute atomic E-state index is 2.44. The molecule has 0 N–H and O–H groups in total. The molecule has 16 heavy (non-hydrogen) atoms. The second-order valence-electron chi connectivity index (χ2n) is 6.28. The third-order valence-electron chi connectivity index (χ3n) is 3.48. The Labute approximate surface area is 104 Å². The van der Waals surface area contributed by atoms with Gasteiger partial charge in [0.05, 0.1) is 0 Å². The lowest BCUT2D eigenvalue weighted by Gasteiger charge is -2.18. The number of unbranched alkanes of at least 4 members (excludes halogenated alkanes) is 4. The first-order chi connectivity index (χ1) is 7.56. The van der Waals surface area contributed by atoms with Crippen molar-refractivity contribution < 1.29 is 0 Å². The lowest BCUT2D eigenvalue weighted by Crippen LogP contribution is -2.06. The summed E-state index contributed by atoms with van der Waals surface area (Å²) in [7, 11) is 0. The van der Waals surface area contributed by atoms with E-state index in [1.165, 1.54) is 51.4 Å². The average molecular weight is 226 g/mol. The first-order valence-electron chi connectivity index (χ1n) is 7.56. The van der Waals surface area contributed by atoms with Crippen LogP contribution >= 0.6 is 0 Å². The molecule has 0 aliphatic carbocycles. The Hall–Kier alpha value is 0. The molecule has 0 aliphatic rings. The number of hydrogen-bond donors (Lipinski definition) is 0. The summed E-state index contributed by atoms with van der Waals surface area (Å²) < 4.78 is 0. The van der Waals surface area contributed by atoms with Gasteiger partial charge in [0.15, 0.2) is 0 Å². The first-order valence-corrected chi connectivity index (χ1v) is 7.56. The van der Waals surface area contributed by atoms with Crippen LogP contribution in [0.1, 0.15) is 86.0 Å². The molecule has 0 saturated carbocycles. The van der Waals surface area contributed by atoms with Crippen molar-refractivity contribution in [3.05, 3.63) is 0 Å². The molecule has 0 spiro atoms. The standard InChI is InChI=1S/C16H34/c1-6-7-8-9-10-11-15(4)13-16(5)12-14(2)3/h14-16H,6-13H2,1-5H3. The normalized spacial score (nSPS) is 15.4. The molecule has 0 amide bonds. The molecule has 0 fully saturated rings. The van der Waals surface area contributed by atoms with Crippen molar-refractivity contribution in [3.8, 4) is 0 Å². The van der Waals surface area contributed by atoms with Gasteiger partial charge >= 0.3 is 0 Å². The van der Waals surface area contributed by atoms with Crippen LogP contribution in [0.4, 0.5) is 0 Å². The van der Waals surface area contributed by atoms with Gasteiger partial charge < -0.3 is 0 Å². The highest BCUT2D eigenvalue weighted by Gasteiger charge is 2.10. The van der Waals surface area contributed by atoms with Crippen molar-refractivity contribution >= 4 is 0 Å². The zero-order valence-electron chi connectivity index (χ0n) is 12.4. The van der Waals surface area contributed by atoms with Gasteiger partial charge in [0, 0.05) is 0 Å². The SMILES string of the molecule is CCCCCCCC(C)CC(C)CC(C)C. The molecule has 2 atom stereocenters. The maximum atomic E-state index is 2.44. The van der Waals surface area contributed by atoms with Gasteiger partial charge in [-0.25, -0.2) is 0 Å². The van der Waals surface area contributed by atoms with E-state index in [0.717, 1.165) is 17.8 Å². The molecule has 98 valence electrons. The molecule has 0 saturated heterocycles. The van der Waals surface area contributed by atoms with E-state index in [0.29, 0.717) is 0 Å². The molecule has 0 aliphatic heterocycles. The summed E-state index contributed by atoms with van der Waals surface area (Å²) in [6.45, 7) is 11.8. The van der Waals surface area contributed by atoms with E-state index in [2.05, 4.69) is 34.6 Å². The van der Waals surface area contributed by atoms with Gasteiger partial charge in [-0.2, -0.15) is 0 Å². The summed E-state index contributed by atoms with van der Waals surface area (Å²) in [6, 6.07) is 0. The largest absolute Gasteiger partial charge is 0.0654 e. The highest BCUT2D eigenvalue weighted by Crippen LogP contribution is 2.23. The first kappa shape index (κ1) is 16.0. The maximum Gasteiger partial charge on any atom is -0.0438 e. The summed E-state index contributed by atoms with van der Waals surface area (Å²) in [5, 5.41) is 0. The molecule has 0 bridgehead atoms. The summed E-state index contributed by atoms with van der Waals surface area (Å²) in [6.07, 6.45) is 11.4. The van der Waals surface area contributed by atoms with Crippen molar-refractivity contribution in [1.29, 1.82) is 0 Å². The molecule has 0 aromatic rings. The molecule has 0 aromatic carbocycles. The molecule has 0 nitrogen and oxygen atoms in total. The molecular weight excluding hydrogens is 192 g/mol. The molecule has 0 radical (unpaired) electrons. The predicted molar refractivity (Wildman–Crippen MR) is 75.8 cm³/mol. The Morgan fingerprint density at radius 2 is 1.31 bits per heavy atom. The third-order valence-corrected chi connectivity index (χ3v) is 3.48. The topological polar surface area (TPSA) is 0 Å². The molecule has 0 rings (SSSR count).